The number of benzene rings is 9. The van der Waals surface area contributed by atoms with Gasteiger partial charge < -0.3 is 0 Å². The van der Waals surface area contributed by atoms with E-state index in [2.05, 4.69) is 244 Å². The lowest BCUT2D eigenvalue weighted by Gasteiger charge is -2.46. The quantitative estimate of drug-likeness (QED) is 0.167. The Bertz CT molecular complexity index is 3280. The number of rotatable bonds is 6. The first-order valence-corrected chi connectivity index (χ1v) is 22.2. The molecule has 2 heteroatoms. The summed E-state index contributed by atoms with van der Waals surface area (Å²) in [6, 6.07) is 83.8. The Morgan fingerprint density at radius 2 is 0.703 bits per heavy atom. The molecule has 0 radical (unpaired) electrons. The standard InChI is InChI=1S/C62H44N2/c1-61(2)52-28-14-16-30-54(52)62(55-31-17-15-29-53(55)61)51-38-37-46(41-33-35-43(36-34-41)48-26-13-12-25-47(48)42-19-6-3-7-20-42)39-50(51)59-49(27-18-32-56(59)62)60-63-57(44-21-8-4-9-22-44)40-58(64-60)45-23-10-5-11-24-45/h3-40H,1-2H3. The molecule has 1 heterocycles. The molecule has 0 N–H and O–H groups in total. The maximum atomic E-state index is 5.43. The van der Waals surface area contributed by atoms with Crippen LogP contribution >= 0.6 is 0 Å². The summed E-state index contributed by atoms with van der Waals surface area (Å²) in [6.07, 6.45) is 0. The maximum Gasteiger partial charge on any atom is 0.161 e. The maximum absolute atomic E-state index is 5.43. The van der Waals surface area contributed by atoms with Crippen LogP contribution in [0.5, 0.6) is 0 Å². The van der Waals surface area contributed by atoms with Crippen LogP contribution in [0.2, 0.25) is 0 Å². The van der Waals surface area contributed by atoms with E-state index in [0.29, 0.717) is 5.82 Å². The molecule has 2 nitrogen and oxygen atoms in total. The van der Waals surface area contributed by atoms with Gasteiger partial charge in [0.05, 0.1) is 16.8 Å². The predicted octanol–water partition coefficient (Wildman–Crippen LogP) is 15.5. The van der Waals surface area contributed by atoms with Crippen LogP contribution in [-0.2, 0) is 10.8 Å². The van der Waals surface area contributed by atoms with Gasteiger partial charge in [-0.1, -0.05) is 232 Å². The van der Waals surface area contributed by atoms with Crippen LogP contribution in [0.1, 0.15) is 47.2 Å². The van der Waals surface area contributed by atoms with E-state index >= 15 is 0 Å². The predicted molar refractivity (Wildman–Crippen MR) is 264 cm³/mol. The molecule has 9 aromatic carbocycles. The van der Waals surface area contributed by atoms with Crippen molar-refractivity contribution in [2.75, 3.05) is 0 Å². The summed E-state index contributed by atoms with van der Waals surface area (Å²) in [4.78, 5) is 10.9. The SMILES string of the molecule is CC1(C)c2ccccc2C2(c3ccc(-c4ccc(-c5ccccc5-c5ccccc5)cc4)cc3-c3c(-c4nc(-c5ccccc5)cc(-c5ccccc5)n4)cccc32)c2ccccc21. The molecule has 2 aliphatic rings. The van der Waals surface area contributed by atoms with Gasteiger partial charge in [0.25, 0.3) is 0 Å². The average Bonchev–Trinajstić information content (AvgIpc) is 3.67. The van der Waals surface area contributed by atoms with Gasteiger partial charge >= 0.3 is 0 Å². The molecule has 1 spiro atoms. The fraction of sp³-hybridized carbons (Fsp3) is 0.0645. The van der Waals surface area contributed by atoms with Gasteiger partial charge in [-0.3, -0.25) is 0 Å². The van der Waals surface area contributed by atoms with E-state index in [1.807, 2.05) is 0 Å². The highest BCUT2D eigenvalue weighted by atomic mass is 14.9. The third kappa shape index (κ3) is 5.80. The highest BCUT2D eigenvalue weighted by Gasteiger charge is 2.53. The lowest BCUT2D eigenvalue weighted by molar-refractivity contribution is 0.563. The van der Waals surface area contributed by atoms with E-state index in [0.717, 1.165) is 28.1 Å². The van der Waals surface area contributed by atoms with E-state index in [9.17, 15) is 0 Å². The fourth-order valence-corrected chi connectivity index (χ4v) is 10.9. The zero-order valence-electron chi connectivity index (χ0n) is 35.8. The molecule has 12 rings (SSSR count). The Balaban J connectivity index is 1.10. The van der Waals surface area contributed by atoms with Gasteiger partial charge in [0.15, 0.2) is 5.82 Å². The van der Waals surface area contributed by atoms with Crippen molar-refractivity contribution >= 4 is 0 Å². The van der Waals surface area contributed by atoms with Gasteiger partial charge in [0.2, 0.25) is 0 Å². The molecule has 0 amide bonds. The number of fused-ring (bicyclic) bond motifs is 9. The van der Waals surface area contributed by atoms with Crippen molar-refractivity contribution in [3.63, 3.8) is 0 Å². The van der Waals surface area contributed by atoms with E-state index in [-0.39, 0.29) is 5.41 Å². The molecule has 2 aliphatic carbocycles. The summed E-state index contributed by atoms with van der Waals surface area (Å²) < 4.78 is 0. The van der Waals surface area contributed by atoms with Crippen LogP contribution in [0.15, 0.2) is 231 Å². The van der Waals surface area contributed by atoms with Gasteiger partial charge in [-0.15, -0.1) is 0 Å². The number of hydrogen-bond donors (Lipinski definition) is 0. The second-order valence-corrected chi connectivity index (χ2v) is 17.6. The minimum Gasteiger partial charge on any atom is -0.228 e. The van der Waals surface area contributed by atoms with E-state index in [1.165, 1.54) is 77.9 Å². The molecule has 0 saturated heterocycles. The van der Waals surface area contributed by atoms with Gasteiger partial charge in [0, 0.05) is 22.1 Å². The average molecular weight is 817 g/mol. The monoisotopic (exact) mass is 816 g/mol. The first-order valence-electron chi connectivity index (χ1n) is 22.2. The fourth-order valence-electron chi connectivity index (χ4n) is 10.9. The van der Waals surface area contributed by atoms with Gasteiger partial charge in [0.1, 0.15) is 0 Å². The number of aromatic nitrogens is 2. The second-order valence-electron chi connectivity index (χ2n) is 17.6. The molecule has 302 valence electrons. The topological polar surface area (TPSA) is 25.8 Å². The number of nitrogens with zero attached hydrogens (tertiary/aromatic N) is 2. The van der Waals surface area contributed by atoms with E-state index in [4.69, 9.17) is 9.97 Å². The van der Waals surface area contributed by atoms with E-state index < -0.39 is 5.41 Å². The molecule has 10 aromatic rings. The molecule has 0 fully saturated rings. The summed E-state index contributed by atoms with van der Waals surface area (Å²) >= 11 is 0. The van der Waals surface area contributed by atoms with Crippen LogP contribution in [0, 0.1) is 0 Å². The lowest BCUT2D eigenvalue weighted by atomic mass is 9.55. The summed E-state index contributed by atoms with van der Waals surface area (Å²) in [6.45, 7) is 4.76. The first kappa shape index (κ1) is 37.8. The number of hydrogen-bond acceptors (Lipinski definition) is 2. The largest absolute Gasteiger partial charge is 0.228 e. The third-order valence-electron chi connectivity index (χ3n) is 13.8. The minimum atomic E-state index is -0.563. The third-order valence-corrected chi connectivity index (χ3v) is 13.8. The summed E-state index contributed by atoms with van der Waals surface area (Å²) in [5.74, 6) is 0.713. The molecule has 0 atom stereocenters. The van der Waals surface area contributed by atoms with Crippen molar-refractivity contribution in [3.05, 3.63) is 264 Å². The van der Waals surface area contributed by atoms with Crippen molar-refractivity contribution in [1.82, 2.24) is 9.97 Å². The Labute approximate surface area is 375 Å². The molecular formula is C62H44N2. The zero-order valence-corrected chi connectivity index (χ0v) is 35.8. The molecule has 0 unspecified atom stereocenters. The molecule has 0 bridgehead atoms. The molecule has 0 saturated carbocycles. The lowest BCUT2D eigenvalue weighted by Crippen LogP contribution is -2.40. The second kappa shape index (κ2) is 14.9. The van der Waals surface area contributed by atoms with Crippen LogP contribution < -0.4 is 0 Å². The Kier molecular flexibility index (Phi) is 8.77. The molecular weight excluding hydrogens is 773 g/mol. The molecule has 0 aliphatic heterocycles. The Hall–Kier alpha value is -7.94. The van der Waals surface area contributed by atoms with Crippen LogP contribution in [-0.4, -0.2) is 9.97 Å². The summed E-state index contributed by atoms with van der Waals surface area (Å²) in [7, 11) is 0. The van der Waals surface area contributed by atoms with Gasteiger partial charge in [-0.25, -0.2) is 9.97 Å². The van der Waals surface area contributed by atoms with Crippen molar-refractivity contribution in [1.29, 1.82) is 0 Å². The van der Waals surface area contributed by atoms with E-state index in [1.54, 1.807) is 0 Å². The smallest absolute Gasteiger partial charge is 0.161 e. The Morgan fingerprint density at radius 1 is 0.281 bits per heavy atom. The highest BCUT2D eigenvalue weighted by molar-refractivity contribution is 5.97. The summed E-state index contributed by atoms with van der Waals surface area (Å²) in [5.41, 5.74) is 21.7. The van der Waals surface area contributed by atoms with Gasteiger partial charge in [-0.05, 0) is 90.0 Å². The zero-order chi connectivity index (χ0) is 42.8. The highest BCUT2D eigenvalue weighted by Crippen LogP contribution is 2.63. The molecule has 1 aromatic heterocycles. The van der Waals surface area contributed by atoms with Crippen LogP contribution in [0.25, 0.3) is 78.4 Å². The van der Waals surface area contributed by atoms with Crippen molar-refractivity contribution < 1.29 is 0 Å². The normalized spacial score (nSPS) is 13.7. The van der Waals surface area contributed by atoms with Crippen molar-refractivity contribution in [2.24, 2.45) is 0 Å². The van der Waals surface area contributed by atoms with Crippen molar-refractivity contribution in [3.8, 4) is 78.4 Å². The Morgan fingerprint density at radius 3 is 1.27 bits per heavy atom. The van der Waals surface area contributed by atoms with Gasteiger partial charge in [-0.2, -0.15) is 0 Å². The minimum absolute atomic E-state index is 0.197. The van der Waals surface area contributed by atoms with Crippen LogP contribution in [0.3, 0.4) is 0 Å². The summed E-state index contributed by atoms with van der Waals surface area (Å²) in [5, 5.41) is 0. The van der Waals surface area contributed by atoms with Crippen LogP contribution in [0.4, 0.5) is 0 Å². The first-order chi connectivity index (χ1) is 31.5. The van der Waals surface area contributed by atoms with Crippen molar-refractivity contribution in [2.45, 2.75) is 24.7 Å². The molecule has 64 heavy (non-hydrogen) atoms.